The molecule has 9 nitrogen and oxygen atoms in total. The lowest BCUT2D eigenvalue weighted by Crippen LogP contribution is -2.20. The van der Waals surface area contributed by atoms with Crippen LogP contribution in [0.5, 0.6) is 5.75 Å². The normalized spacial score (nSPS) is 23.3. The number of phenols is 1. The molecule has 5 rings (SSSR count). The van der Waals surface area contributed by atoms with Gasteiger partial charge < -0.3 is 24.1 Å². The molecule has 2 N–H and O–H groups in total. The first-order valence-corrected chi connectivity index (χ1v) is 11.4. The fourth-order valence-electron chi connectivity index (χ4n) is 5.21. The van der Waals surface area contributed by atoms with Crippen LogP contribution in [0, 0.1) is 0 Å². The Morgan fingerprint density at radius 3 is 2.57 bits per heavy atom. The predicted octanol–water partition coefficient (Wildman–Crippen LogP) is 3.88. The zero-order valence-electron chi connectivity index (χ0n) is 19.5. The van der Waals surface area contributed by atoms with Gasteiger partial charge in [0.1, 0.15) is 28.8 Å². The number of rotatable bonds is 5. The van der Waals surface area contributed by atoms with E-state index in [1.54, 1.807) is 13.0 Å². The summed E-state index contributed by atoms with van der Waals surface area (Å²) >= 11 is 0. The second-order valence-electron chi connectivity index (χ2n) is 9.25. The summed E-state index contributed by atoms with van der Waals surface area (Å²) < 4.78 is 17.3. The number of epoxide rings is 1. The van der Waals surface area contributed by atoms with E-state index < -0.39 is 35.5 Å². The average molecular weight is 480 g/mol. The second kappa shape index (κ2) is 7.91. The first-order chi connectivity index (χ1) is 16.5. The van der Waals surface area contributed by atoms with Gasteiger partial charge in [-0.3, -0.25) is 19.2 Å². The summed E-state index contributed by atoms with van der Waals surface area (Å²) in [5.41, 5.74) is -0.737. The number of hydrogen-bond donors (Lipinski definition) is 2. The van der Waals surface area contributed by atoms with Crippen LogP contribution in [0.2, 0.25) is 0 Å². The van der Waals surface area contributed by atoms with Gasteiger partial charge in [0.05, 0.1) is 28.9 Å². The molecule has 3 atom stereocenters. The van der Waals surface area contributed by atoms with Crippen LogP contribution in [-0.4, -0.2) is 34.0 Å². The maximum absolute atomic E-state index is 13.2. The Labute approximate surface area is 199 Å². The van der Waals surface area contributed by atoms with Crippen molar-refractivity contribution < 1.29 is 38.5 Å². The second-order valence-corrected chi connectivity index (χ2v) is 9.25. The highest BCUT2D eigenvalue weighted by atomic mass is 16.6. The van der Waals surface area contributed by atoms with Gasteiger partial charge in [-0.05, 0) is 42.8 Å². The molecule has 0 saturated carbocycles. The monoisotopic (exact) mass is 480 g/mol. The highest BCUT2D eigenvalue weighted by Crippen LogP contribution is 2.49. The van der Waals surface area contributed by atoms with E-state index in [4.69, 9.17) is 13.9 Å². The van der Waals surface area contributed by atoms with Crippen LogP contribution in [0.3, 0.4) is 0 Å². The van der Waals surface area contributed by atoms with Crippen molar-refractivity contribution in [2.24, 2.45) is 0 Å². The molecule has 182 valence electrons. The Morgan fingerprint density at radius 2 is 1.94 bits per heavy atom. The average Bonchev–Trinajstić information content (AvgIpc) is 3.46. The van der Waals surface area contributed by atoms with Gasteiger partial charge in [0.15, 0.2) is 11.2 Å². The largest absolute Gasteiger partial charge is 0.506 e. The zero-order chi connectivity index (χ0) is 25.2. The van der Waals surface area contributed by atoms with Gasteiger partial charge in [-0.25, -0.2) is 0 Å². The highest BCUT2D eigenvalue weighted by molar-refractivity contribution is 6.15. The number of Topliss-reactive ketones (excluding diaryl/α,β-unsaturated/α-hetero) is 1. The number of fused-ring (bicyclic) bond motifs is 4. The minimum Gasteiger partial charge on any atom is -0.506 e. The van der Waals surface area contributed by atoms with Gasteiger partial charge in [0.25, 0.3) is 0 Å². The van der Waals surface area contributed by atoms with Gasteiger partial charge in [-0.1, -0.05) is 6.92 Å². The molecule has 3 aromatic rings. The molecule has 0 bridgehead atoms. The van der Waals surface area contributed by atoms with Crippen molar-refractivity contribution >= 4 is 39.5 Å². The molecule has 1 aliphatic carbocycles. The summed E-state index contributed by atoms with van der Waals surface area (Å²) in [6.45, 7) is 5.00. The summed E-state index contributed by atoms with van der Waals surface area (Å²) in [4.78, 5) is 49.3. The van der Waals surface area contributed by atoms with E-state index in [0.29, 0.717) is 17.4 Å². The number of benzene rings is 2. The molecule has 1 saturated heterocycles. The topological polar surface area (TPSA) is 144 Å². The number of carbonyl (C=O) groups is 3. The van der Waals surface area contributed by atoms with Crippen molar-refractivity contribution in [3.05, 3.63) is 50.9 Å². The number of carbonyl (C=O) groups excluding carboxylic acids is 2. The van der Waals surface area contributed by atoms with Crippen molar-refractivity contribution in [1.82, 2.24) is 0 Å². The van der Waals surface area contributed by atoms with E-state index >= 15 is 0 Å². The molecular formula is C26H24O9. The Balaban J connectivity index is 1.87. The Kier molecular flexibility index (Phi) is 5.21. The number of esters is 1. The van der Waals surface area contributed by atoms with Crippen molar-refractivity contribution in [1.29, 1.82) is 0 Å². The van der Waals surface area contributed by atoms with Crippen molar-refractivity contribution in [3.63, 3.8) is 0 Å². The summed E-state index contributed by atoms with van der Waals surface area (Å²) in [5.74, 6) is -2.13. The molecule has 35 heavy (non-hydrogen) atoms. The number of aliphatic carboxylic acids is 1. The third-order valence-corrected chi connectivity index (χ3v) is 6.90. The lowest BCUT2D eigenvalue weighted by Gasteiger charge is -2.26. The number of hydrogen-bond acceptors (Lipinski definition) is 8. The smallest absolute Gasteiger partial charge is 0.307 e. The van der Waals surface area contributed by atoms with Crippen molar-refractivity contribution in [2.75, 3.05) is 0 Å². The molecule has 2 heterocycles. The summed E-state index contributed by atoms with van der Waals surface area (Å²) in [6.07, 6.45) is -0.313. The minimum atomic E-state index is -1.15. The molecule has 0 amide bonds. The number of phenolic OH excluding ortho intramolecular Hbond substituents is 1. The molecule has 0 spiro atoms. The maximum atomic E-state index is 13.2. The molecule has 2 aliphatic rings. The predicted molar refractivity (Wildman–Crippen MR) is 124 cm³/mol. The van der Waals surface area contributed by atoms with Crippen LogP contribution < -0.4 is 5.43 Å². The van der Waals surface area contributed by atoms with Crippen LogP contribution in [0.25, 0.3) is 21.7 Å². The van der Waals surface area contributed by atoms with E-state index in [1.165, 1.54) is 19.1 Å². The first-order valence-electron chi connectivity index (χ1n) is 11.4. The van der Waals surface area contributed by atoms with E-state index in [9.17, 15) is 29.4 Å². The standard InChI is InChI=1S/C26H24O9/c1-4-18-26(3,35-18)19-10-16(29)21-13(9-20(30)31)7-12-8-14-17(33-11(2)27)6-5-15(28)23(14)24(32)22(12)25(21)34-19/h7-8,10,17-18,32H,4-6,9H2,1-3H3,(H,30,31)/t17-,18+,26+/m0/s1. The Bertz CT molecular complexity index is 1500. The number of carboxylic acid groups (broad SMARTS) is 1. The van der Waals surface area contributed by atoms with Crippen LogP contribution in [0.15, 0.2) is 27.4 Å². The Morgan fingerprint density at radius 1 is 1.20 bits per heavy atom. The van der Waals surface area contributed by atoms with Gasteiger partial charge in [0.2, 0.25) is 0 Å². The van der Waals surface area contributed by atoms with E-state index in [0.717, 1.165) is 0 Å². The highest BCUT2D eigenvalue weighted by Gasteiger charge is 2.55. The zero-order valence-corrected chi connectivity index (χ0v) is 19.5. The quantitative estimate of drug-likeness (QED) is 0.316. The maximum Gasteiger partial charge on any atom is 0.307 e. The summed E-state index contributed by atoms with van der Waals surface area (Å²) in [5, 5.41) is 21.3. The molecule has 2 aromatic carbocycles. The van der Waals surface area contributed by atoms with E-state index in [-0.39, 0.29) is 63.7 Å². The van der Waals surface area contributed by atoms with Crippen molar-refractivity contribution in [3.8, 4) is 5.75 Å². The van der Waals surface area contributed by atoms with Gasteiger partial charge in [-0.15, -0.1) is 0 Å². The summed E-state index contributed by atoms with van der Waals surface area (Å²) in [7, 11) is 0. The van der Waals surface area contributed by atoms with Gasteiger partial charge >= 0.3 is 11.9 Å². The van der Waals surface area contributed by atoms with Crippen molar-refractivity contribution in [2.45, 2.75) is 64.3 Å². The molecule has 1 fully saturated rings. The van der Waals surface area contributed by atoms with Crippen LogP contribution in [-0.2, 0) is 31.1 Å². The number of aromatic hydroxyl groups is 1. The van der Waals surface area contributed by atoms with Crippen LogP contribution >= 0.6 is 0 Å². The molecular weight excluding hydrogens is 456 g/mol. The summed E-state index contributed by atoms with van der Waals surface area (Å²) in [6, 6.07) is 4.39. The third-order valence-electron chi connectivity index (χ3n) is 6.90. The molecule has 1 aromatic heterocycles. The molecule has 1 aliphatic heterocycles. The molecule has 0 unspecified atom stereocenters. The SMILES string of the molecule is CC[C@H]1O[C@@]1(C)c1cc(=O)c2c(CC(=O)O)cc3cc4c(c(O)c3c2o1)C(=O)CC[C@@H]4OC(C)=O. The lowest BCUT2D eigenvalue weighted by atomic mass is 9.84. The fraction of sp³-hybridized carbons (Fsp3) is 0.385. The third kappa shape index (κ3) is 3.58. The first kappa shape index (κ1) is 23.0. The molecule has 9 heteroatoms. The van der Waals surface area contributed by atoms with Crippen LogP contribution in [0.4, 0.5) is 0 Å². The number of ketones is 1. The number of carboxylic acids is 1. The Hall–Kier alpha value is -3.72. The fourth-order valence-corrected chi connectivity index (χ4v) is 5.21. The number of ether oxygens (including phenoxy) is 2. The minimum absolute atomic E-state index is 0.00413. The van der Waals surface area contributed by atoms with E-state index in [2.05, 4.69) is 0 Å². The van der Waals surface area contributed by atoms with Gasteiger partial charge in [0, 0.05) is 25.0 Å². The lowest BCUT2D eigenvalue weighted by molar-refractivity contribution is -0.147. The van der Waals surface area contributed by atoms with E-state index in [1.807, 2.05) is 6.92 Å². The van der Waals surface area contributed by atoms with Gasteiger partial charge in [-0.2, -0.15) is 0 Å². The molecule has 0 radical (unpaired) electrons. The van der Waals surface area contributed by atoms with Crippen LogP contribution in [0.1, 0.15) is 73.4 Å².